The number of para-hydroxylation sites is 1. The number of benzene rings is 2. The van der Waals surface area contributed by atoms with Gasteiger partial charge in [0.25, 0.3) is 5.91 Å². The zero-order valence-electron chi connectivity index (χ0n) is 11.2. The molecule has 0 radical (unpaired) electrons. The van der Waals surface area contributed by atoms with E-state index in [1.165, 1.54) is 12.1 Å². The van der Waals surface area contributed by atoms with Crippen LogP contribution in [0.4, 0.5) is 18.9 Å². The van der Waals surface area contributed by atoms with E-state index in [1.54, 1.807) is 18.3 Å². The molecule has 0 fully saturated rings. The summed E-state index contributed by atoms with van der Waals surface area (Å²) in [6.45, 7) is 0. The second kappa shape index (κ2) is 5.22. The maximum absolute atomic E-state index is 12.7. The SMILES string of the molecule is O=C(Nc1cccc(C(F)(F)F)c1)c1cccc2cc[nH]c12. The Morgan fingerprint density at radius 3 is 2.59 bits per heavy atom. The lowest BCUT2D eigenvalue weighted by molar-refractivity contribution is -0.137. The van der Waals surface area contributed by atoms with Crippen LogP contribution < -0.4 is 5.32 Å². The predicted molar refractivity (Wildman–Crippen MR) is 77.7 cm³/mol. The maximum Gasteiger partial charge on any atom is 0.416 e. The number of nitrogens with one attached hydrogen (secondary N) is 2. The summed E-state index contributed by atoms with van der Waals surface area (Å²) in [5, 5.41) is 3.35. The minimum atomic E-state index is -4.44. The zero-order chi connectivity index (χ0) is 15.7. The van der Waals surface area contributed by atoms with E-state index in [1.807, 2.05) is 12.1 Å². The summed E-state index contributed by atoms with van der Waals surface area (Å²) in [5.41, 5.74) is 0.318. The van der Waals surface area contributed by atoms with Gasteiger partial charge in [-0.2, -0.15) is 13.2 Å². The molecule has 2 N–H and O–H groups in total. The first-order valence-corrected chi connectivity index (χ1v) is 6.50. The van der Waals surface area contributed by atoms with Crippen LogP contribution >= 0.6 is 0 Å². The van der Waals surface area contributed by atoms with Crippen molar-refractivity contribution in [2.75, 3.05) is 5.32 Å². The van der Waals surface area contributed by atoms with Crippen LogP contribution in [0, 0.1) is 0 Å². The Bertz CT molecular complexity index is 837. The van der Waals surface area contributed by atoms with Gasteiger partial charge < -0.3 is 10.3 Å². The third-order valence-corrected chi connectivity index (χ3v) is 3.28. The largest absolute Gasteiger partial charge is 0.416 e. The molecule has 3 rings (SSSR count). The molecule has 0 spiro atoms. The standard InChI is InChI=1S/C16H11F3N2O/c17-16(18,19)11-4-2-5-12(9-11)21-15(22)13-6-1-3-10-7-8-20-14(10)13/h1-9,20H,(H,21,22). The van der Waals surface area contributed by atoms with Gasteiger partial charge in [-0.25, -0.2) is 0 Å². The van der Waals surface area contributed by atoms with E-state index in [0.717, 1.165) is 17.5 Å². The van der Waals surface area contributed by atoms with E-state index in [4.69, 9.17) is 0 Å². The number of hydrogen-bond donors (Lipinski definition) is 2. The lowest BCUT2D eigenvalue weighted by atomic mass is 10.1. The predicted octanol–water partition coefficient (Wildman–Crippen LogP) is 4.44. The molecule has 3 nitrogen and oxygen atoms in total. The number of fused-ring (bicyclic) bond motifs is 1. The fourth-order valence-corrected chi connectivity index (χ4v) is 2.25. The molecule has 0 atom stereocenters. The smallest absolute Gasteiger partial charge is 0.361 e. The molecule has 0 unspecified atom stereocenters. The summed E-state index contributed by atoms with van der Waals surface area (Å²) in [4.78, 5) is 15.2. The quantitative estimate of drug-likeness (QED) is 0.722. The minimum Gasteiger partial charge on any atom is -0.361 e. The van der Waals surface area contributed by atoms with Crippen LogP contribution in [0.5, 0.6) is 0 Å². The summed E-state index contributed by atoms with van der Waals surface area (Å²) in [7, 11) is 0. The first kappa shape index (κ1) is 14.2. The number of H-pyrrole nitrogens is 1. The van der Waals surface area contributed by atoms with Crippen molar-refractivity contribution in [2.24, 2.45) is 0 Å². The molecule has 0 saturated carbocycles. The third kappa shape index (κ3) is 2.67. The van der Waals surface area contributed by atoms with Crippen molar-refractivity contribution >= 4 is 22.5 Å². The molecule has 6 heteroatoms. The molecule has 0 bridgehead atoms. The van der Waals surface area contributed by atoms with Gasteiger partial charge in [0.15, 0.2) is 0 Å². The van der Waals surface area contributed by atoms with Gasteiger partial charge in [0.05, 0.1) is 16.6 Å². The van der Waals surface area contributed by atoms with Crippen LogP contribution in [0.2, 0.25) is 0 Å². The number of carbonyl (C=O) groups is 1. The van der Waals surface area contributed by atoms with Crippen molar-refractivity contribution < 1.29 is 18.0 Å². The summed E-state index contributed by atoms with van der Waals surface area (Å²) >= 11 is 0. The van der Waals surface area contributed by atoms with Crippen molar-refractivity contribution in [3.05, 3.63) is 65.9 Å². The van der Waals surface area contributed by atoms with Gasteiger partial charge >= 0.3 is 6.18 Å². The van der Waals surface area contributed by atoms with E-state index in [9.17, 15) is 18.0 Å². The van der Waals surface area contributed by atoms with Gasteiger partial charge in [-0.15, -0.1) is 0 Å². The molecule has 1 amide bonds. The van der Waals surface area contributed by atoms with Crippen LogP contribution in [0.3, 0.4) is 0 Å². The molecule has 1 heterocycles. The number of carbonyl (C=O) groups excluding carboxylic acids is 1. The third-order valence-electron chi connectivity index (χ3n) is 3.28. The number of aromatic nitrogens is 1. The van der Waals surface area contributed by atoms with Gasteiger partial charge in [0, 0.05) is 17.3 Å². The first-order chi connectivity index (χ1) is 10.4. The van der Waals surface area contributed by atoms with Gasteiger partial charge in [-0.3, -0.25) is 4.79 Å². The molecule has 0 saturated heterocycles. The lowest BCUT2D eigenvalue weighted by Crippen LogP contribution is -2.13. The number of aromatic amines is 1. The highest BCUT2D eigenvalue weighted by Crippen LogP contribution is 2.30. The summed E-state index contributed by atoms with van der Waals surface area (Å²) < 4.78 is 38.0. The van der Waals surface area contributed by atoms with Crippen molar-refractivity contribution in [1.29, 1.82) is 0 Å². The molecular weight excluding hydrogens is 293 g/mol. The summed E-state index contributed by atoms with van der Waals surface area (Å²) in [5.74, 6) is -0.465. The lowest BCUT2D eigenvalue weighted by Gasteiger charge is -2.10. The number of anilines is 1. The number of halogens is 3. The van der Waals surface area contributed by atoms with Crippen LogP contribution in [0.15, 0.2) is 54.7 Å². The van der Waals surface area contributed by atoms with Gasteiger partial charge in [0.2, 0.25) is 0 Å². The van der Waals surface area contributed by atoms with Gasteiger partial charge in [-0.05, 0) is 30.3 Å². The number of rotatable bonds is 2. The highest BCUT2D eigenvalue weighted by atomic mass is 19.4. The second-order valence-electron chi connectivity index (χ2n) is 4.78. The van der Waals surface area contributed by atoms with Crippen molar-refractivity contribution in [1.82, 2.24) is 4.98 Å². The Labute approximate surface area is 123 Å². The normalized spacial score (nSPS) is 11.6. The van der Waals surface area contributed by atoms with E-state index in [0.29, 0.717) is 11.1 Å². The molecule has 0 aliphatic heterocycles. The molecule has 1 aromatic heterocycles. The van der Waals surface area contributed by atoms with E-state index in [2.05, 4.69) is 10.3 Å². The molecule has 112 valence electrons. The van der Waals surface area contributed by atoms with Crippen LogP contribution in [0.1, 0.15) is 15.9 Å². The molecule has 22 heavy (non-hydrogen) atoms. The average molecular weight is 304 g/mol. The first-order valence-electron chi connectivity index (χ1n) is 6.50. The zero-order valence-corrected chi connectivity index (χ0v) is 11.2. The number of hydrogen-bond acceptors (Lipinski definition) is 1. The Morgan fingerprint density at radius 1 is 1.05 bits per heavy atom. The molecule has 0 aliphatic rings. The van der Waals surface area contributed by atoms with Crippen molar-refractivity contribution in [3.8, 4) is 0 Å². The van der Waals surface area contributed by atoms with Gasteiger partial charge in [0.1, 0.15) is 0 Å². The molecular formula is C16H11F3N2O. The summed E-state index contributed by atoms with van der Waals surface area (Å²) in [6.07, 6.45) is -2.74. The highest BCUT2D eigenvalue weighted by molar-refractivity contribution is 6.12. The number of alkyl halides is 3. The topological polar surface area (TPSA) is 44.9 Å². The van der Waals surface area contributed by atoms with Crippen LogP contribution in [-0.2, 0) is 6.18 Å². The van der Waals surface area contributed by atoms with Crippen molar-refractivity contribution in [2.45, 2.75) is 6.18 Å². The fraction of sp³-hybridized carbons (Fsp3) is 0.0625. The average Bonchev–Trinajstić information content (AvgIpc) is 2.94. The summed E-state index contributed by atoms with van der Waals surface area (Å²) in [6, 6.07) is 11.5. The van der Waals surface area contributed by atoms with E-state index < -0.39 is 17.6 Å². The number of amides is 1. The highest BCUT2D eigenvalue weighted by Gasteiger charge is 2.30. The maximum atomic E-state index is 12.7. The molecule has 2 aromatic carbocycles. The van der Waals surface area contributed by atoms with Crippen molar-refractivity contribution in [3.63, 3.8) is 0 Å². The molecule has 0 aliphatic carbocycles. The Balaban J connectivity index is 1.90. The Hall–Kier alpha value is -2.76. The van der Waals surface area contributed by atoms with Gasteiger partial charge in [-0.1, -0.05) is 18.2 Å². The van der Waals surface area contributed by atoms with Crippen LogP contribution in [-0.4, -0.2) is 10.9 Å². The Morgan fingerprint density at radius 2 is 1.82 bits per heavy atom. The molecule has 3 aromatic rings. The fourth-order valence-electron chi connectivity index (χ4n) is 2.25. The van der Waals surface area contributed by atoms with E-state index >= 15 is 0 Å². The second-order valence-corrected chi connectivity index (χ2v) is 4.78. The van der Waals surface area contributed by atoms with Crippen LogP contribution in [0.25, 0.3) is 10.9 Å². The Kier molecular flexibility index (Phi) is 3.36. The van der Waals surface area contributed by atoms with E-state index in [-0.39, 0.29) is 5.69 Å². The monoisotopic (exact) mass is 304 g/mol. The minimum absolute atomic E-state index is 0.100.